The number of rotatable bonds is 2. The van der Waals surface area contributed by atoms with Crippen molar-refractivity contribution in [2.75, 3.05) is 0 Å². The maximum atomic E-state index is 6.00. The summed E-state index contributed by atoms with van der Waals surface area (Å²) in [5, 5.41) is 1.88. The van der Waals surface area contributed by atoms with E-state index in [1.54, 1.807) is 6.20 Å². The van der Waals surface area contributed by atoms with Crippen molar-refractivity contribution in [1.82, 2.24) is 14.1 Å². The maximum Gasteiger partial charge on any atom is 0.129 e. The quantitative estimate of drug-likeness (QED) is 0.702. The Morgan fingerprint density at radius 1 is 1.33 bits per heavy atom. The zero-order chi connectivity index (χ0) is 12.7. The van der Waals surface area contributed by atoms with Gasteiger partial charge in [-0.25, -0.2) is 4.98 Å². The molecule has 0 bridgehead atoms. The molecule has 0 saturated carbocycles. The molecule has 5 heteroatoms. The molecule has 18 heavy (non-hydrogen) atoms. The predicted octanol–water partition coefficient (Wildman–Crippen LogP) is 3.84. The first kappa shape index (κ1) is 11.8. The average molecular weight is 325 g/mol. The maximum absolute atomic E-state index is 6.00. The van der Waals surface area contributed by atoms with Crippen LogP contribution in [0.15, 0.2) is 41.1 Å². The summed E-state index contributed by atoms with van der Waals surface area (Å²) in [5.74, 6) is 0.942. The summed E-state index contributed by atoms with van der Waals surface area (Å²) in [4.78, 5) is 4.32. The third-order valence-electron chi connectivity index (χ3n) is 3.08. The van der Waals surface area contributed by atoms with Crippen molar-refractivity contribution in [3.05, 3.63) is 52.1 Å². The van der Waals surface area contributed by atoms with E-state index in [1.807, 2.05) is 17.7 Å². The van der Waals surface area contributed by atoms with E-state index in [-0.39, 0.29) is 0 Å². The van der Waals surface area contributed by atoms with Crippen molar-refractivity contribution in [3.63, 3.8) is 0 Å². The number of imidazole rings is 1. The van der Waals surface area contributed by atoms with Gasteiger partial charge in [-0.05, 0) is 23.6 Å². The standard InChI is InChI=1S/C13H11BrClN3/c1-17-12(15)7-16-13(17)8-18-5-4-9-2-3-10(14)6-11(9)18/h2-7H,8H2,1H3. The summed E-state index contributed by atoms with van der Waals surface area (Å²) < 4.78 is 5.14. The molecule has 0 atom stereocenters. The van der Waals surface area contributed by atoms with Gasteiger partial charge in [0.05, 0.1) is 12.7 Å². The molecule has 2 heterocycles. The molecule has 0 unspecified atom stereocenters. The van der Waals surface area contributed by atoms with Gasteiger partial charge in [-0.2, -0.15) is 0 Å². The normalized spacial score (nSPS) is 11.3. The Hall–Kier alpha value is -1.26. The summed E-state index contributed by atoms with van der Waals surface area (Å²) in [6, 6.07) is 8.36. The summed E-state index contributed by atoms with van der Waals surface area (Å²) >= 11 is 9.50. The van der Waals surface area contributed by atoms with Crippen LogP contribution in [-0.2, 0) is 13.6 Å². The Labute approximate surface area is 118 Å². The molecule has 0 aliphatic carbocycles. The summed E-state index contributed by atoms with van der Waals surface area (Å²) in [5.41, 5.74) is 1.18. The first-order chi connectivity index (χ1) is 8.65. The Bertz CT molecular complexity index is 714. The number of hydrogen-bond acceptors (Lipinski definition) is 1. The third kappa shape index (κ3) is 1.95. The van der Waals surface area contributed by atoms with Gasteiger partial charge >= 0.3 is 0 Å². The van der Waals surface area contributed by atoms with E-state index in [4.69, 9.17) is 11.6 Å². The van der Waals surface area contributed by atoms with E-state index in [9.17, 15) is 0 Å². The highest BCUT2D eigenvalue weighted by Gasteiger charge is 2.07. The molecule has 0 amide bonds. The monoisotopic (exact) mass is 323 g/mol. The lowest BCUT2D eigenvalue weighted by Gasteiger charge is -2.06. The molecule has 0 radical (unpaired) electrons. The second kappa shape index (κ2) is 4.44. The van der Waals surface area contributed by atoms with Crippen molar-refractivity contribution in [3.8, 4) is 0 Å². The van der Waals surface area contributed by atoms with Crippen LogP contribution in [0, 0.1) is 0 Å². The van der Waals surface area contributed by atoms with Crippen LogP contribution in [0.5, 0.6) is 0 Å². The van der Waals surface area contributed by atoms with Gasteiger partial charge in [-0.1, -0.05) is 33.6 Å². The van der Waals surface area contributed by atoms with E-state index in [2.05, 4.69) is 49.9 Å². The van der Waals surface area contributed by atoms with Crippen LogP contribution in [0.2, 0.25) is 5.15 Å². The van der Waals surface area contributed by atoms with Crippen LogP contribution < -0.4 is 0 Å². The van der Waals surface area contributed by atoms with Crippen LogP contribution in [0.3, 0.4) is 0 Å². The molecular formula is C13H11BrClN3. The van der Waals surface area contributed by atoms with E-state index < -0.39 is 0 Å². The van der Waals surface area contributed by atoms with E-state index in [0.717, 1.165) is 10.3 Å². The number of aromatic nitrogens is 3. The van der Waals surface area contributed by atoms with Gasteiger partial charge in [0.25, 0.3) is 0 Å². The predicted molar refractivity (Wildman–Crippen MR) is 77.0 cm³/mol. The van der Waals surface area contributed by atoms with E-state index in [0.29, 0.717) is 11.7 Å². The molecule has 1 aromatic carbocycles. The molecular weight excluding hydrogens is 314 g/mol. The first-order valence-corrected chi connectivity index (χ1v) is 6.73. The number of benzene rings is 1. The Kier molecular flexibility index (Phi) is 2.92. The zero-order valence-electron chi connectivity index (χ0n) is 9.77. The van der Waals surface area contributed by atoms with Crippen LogP contribution in [0.1, 0.15) is 5.82 Å². The number of fused-ring (bicyclic) bond motifs is 1. The molecule has 2 aromatic heterocycles. The fraction of sp³-hybridized carbons (Fsp3) is 0.154. The molecule has 3 nitrogen and oxygen atoms in total. The van der Waals surface area contributed by atoms with Gasteiger partial charge in [-0.15, -0.1) is 0 Å². The Balaban J connectivity index is 2.05. The molecule has 0 spiro atoms. The van der Waals surface area contributed by atoms with E-state index >= 15 is 0 Å². The Morgan fingerprint density at radius 3 is 2.89 bits per heavy atom. The number of halogens is 2. The van der Waals surface area contributed by atoms with Crippen LogP contribution in [-0.4, -0.2) is 14.1 Å². The molecule has 3 rings (SSSR count). The van der Waals surface area contributed by atoms with Crippen molar-refractivity contribution >= 4 is 38.4 Å². The van der Waals surface area contributed by atoms with E-state index in [1.165, 1.54) is 10.9 Å². The highest BCUT2D eigenvalue weighted by atomic mass is 79.9. The summed E-state index contributed by atoms with van der Waals surface area (Å²) in [6.07, 6.45) is 3.75. The van der Waals surface area contributed by atoms with Crippen LogP contribution in [0.4, 0.5) is 0 Å². The van der Waals surface area contributed by atoms with Gasteiger partial charge in [0.1, 0.15) is 11.0 Å². The minimum Gasteiger partial charge on any atom is -0.340 e. The molecule has 0 aliphatic heterocycles. The highest BCUT2D eigenvalue weighted by molar-refractivity contribution is 9.10. The summed E-state index contributed by atoms with van der Waals surface area (Å²) in [6.45, 7) is 0.711. The van der Waals surface area contributed by atoms with Gasteiger partial charge in [0, 0.05) is 23.2 Å². The largest absolute Gasteiger partial charge is 0.340 e. The summed E-state index contributed by atoms with van der Waals surface area (Å²) in [7, 11) is 1.92. The van der Waals surface area contributed by atoms with Gasteiger partial charge < -0.3 is 9.13 Å². The minimum absolute atomic E-state index is 0.655. The van der Waals surface area contributed by atoms with Crippen molar-refractivity contribution in [1.29, 1.82) is 0 Å². The molecule has 0 saturated heterocycles. The van der Waals surface area contributed by atoms with Crippen LogP contribution in [0.25, 0.3) is 10.9 Å². The van der Waals surface area contributed by atoms with Gasteiger partial charge in [-0.3, -0.25) is 0 Å². The topological polar surface area (TPSA) is 22.8 Å². The van der Waals surface area contributed by atoms with Crippen molar-refractivity contribution < 1.29 is 0 Å². The minimum atomic E-state index is 0.655. The van der Waals surface area contributed by atoms with Gasteiger partial charge in [0.2, 0.25) is 0 Å². The first-order valence-electron chi connectivity index (χ1n) is 5.55. The SMILES string of the molecule is Cn1c(Cl)cnc1Cn1ccc2ccc(Br)cc21. The fourth-order valence-electron chi connectivity index (χ4n) is 2.02. The molecule has 0 N–H and O–H groups in total. The second-order valence-corrected chi connectivity index (χ2v) is 5.51. The molecule has 0 fully saturated rings. The number of nitrogens with zero attached hydrogens (tertiary/aromatic N) is 3. The molecule has 0 aliphatic rings. The lowest BCUT2D eigenvalue weighted by atomic mass is 10.2. The van der Waals surface area contributed by atoms with Crippen molar-refractivity contribution in [2.45, 2.75) is 6.54 Å². The third-order valence-corrected chi connectivity index (χ3v) is 3.92. The smallest absolute Gasteiger partial charge is 0.129 e. The van der Waals surface area contributed by atoms with Crippen molar-refractivity contribution in [2.24, 2.45) is 7.05 Å². The lowest BCUT2D eigenvalue weighted by Crippen LogP contribution is -2.05. The highest BCUT2D eigenvalue weighted by Crippen LogP contribution is 2.22. The van der Waals surface area contributed by atoms with Gasteiger partial charge in [0.15, 0.2) is 0 Å². The average Bonchev–Trinajstić information content (AvgIpc) is 2.88. The molecule has 92 valence electrons. The number of hydrogen-bond donors (Lipinski definition) is 0. The second-order valence-electron chi connectivity index (χ2n) is 4.20. The Morgan fingerprint density at radius 2 is 2.17 bits per heavy atom. The van der Waals surface area contributed by atoms with Crippen LogP contribution >= 0.6 is 27.5 Å². The molecule has 3 aromatic rings. The fourth-order valence-corrected chi connectivity index (χ4v) is 2.51. The zero-order valence-corrected chi connectivity index (χ0v) is 12.1. The lowest BCUT2D eigenvalue weighted by molar-refractivity contribution is 0.718.